The second-order valence-electron chi connectivity index (χ2n) is 3.63. The Morgan fingerprint density at radius 3 is 2.94 bits per heavy atom. The molecule has 1 aliphatic rings. The average molecular weight is 227 g/mol. The molecule has 0 saturated carbocycles. The molecule has 0 fully saturated rings. The van der Waals surface area contributed by atoms with Gasteiger partial charge in [0.05, 0.1) is 5.69 Å². The molecule has 0 N–H and O–H groups in total. The summed E-state index contributed by atoms with van der Waals surface area (Å²) in [5, 5.41) is 0. The van der Waals surface area contributed by atoms with Crippen LogP contribution in [0.3, 0.4) is 0 Å². The number of rotatable bonds is 2. The number of hydrogen-bond acceptors (Lipinski definition) is 4. The van der Waals surface area contributed by atoms with Gasteiger partial charge in [0.25, 0.3) is 0 Å². The van der Waals surface area contributed by atoms with E-state index >= 15 is 0 Å². The molecule has 2 aromatic rings. The molecule has 0 spiro atoms. The lowest BCUT2D eigenvalue weighted by molar-refractivity contribution is 0.112. The molecule has 0 saturated heterocycles. The summed E-state index contributed by atoms with van der Waals surface area (Å²) in [7, 11) is 0. The smallest absolute Gasteiger partial charge is 0.231 e. The zero-order valence-electron chi connectivity index (χ0n) is 8.92. The van der Waals surface area contributed by atoms with Crippen LogP contribution in [0, 0.1) is 0 Å². The number of aldehydes is 1. The van der Waals surface area contributed by atoms with E-state index in [4.69, 9.17) is 9.47 Å². The van der Waals surface area contributed by atoms with Crippen molar-refractivity contribution in [2.45, 2.75) is 0 Å². The molecule has 84 valence electrons. The molecule has 4 heteroatoms. The lowest BCUT2D eigenvalue weighted by atomic mass is 10.1. The number of benzene rings is 1. The minimum atomic E-state index is 0.238. The van der Waals surface area contributed by atoms with E-state index < -0.39 is 0 Å². The fourth-order valence-corrected chi connectivity index (χ4v) is 1.80. The summed E-state index contributed by atoms with van der Waals surface area (Å²) >= 11 is 0. The maximum absolute atomic E-state index is 10.9. The van der Waals surface area contributed by atoms with Crippen molar-refractivity contribution in [3.63, 3.8) is 0 Å². The predicted octanol–water partition coefficient (Wildman–Crippen LogP) is 2.29. The summed E-state index contributed by atoms with van der Waals surface area (Å²) in [5.41, 5.74) is 2.06. The quantitative estimate of drug-likeness (QED) is 0.738. The number of ether oxygens (including phenoxy) is 2. The van der Waals surface area contributed by atoms with Crippen LogP contribution in [-0.4, -0.2) is 18.1 Å². The average Bonchev–Trinajstić information content (AvgIpc) is 2.85. The van der Waals surface area contributed by atoms with Crippen molar-refractivity contribution >= 4 is 6.29 Å². The van der Waals surface area contributed by atoms with Crippen molar-refractivity contribution in [3.8, 4) is 22.8 Å². The van der Waals surface area contributed by atoms with Gasteiger partial charge >= 0.3 is 0 Å². The molecule has 0 radical (unpaired) electrons. The molecule has 1 aliphatic heterocycles. The molecule has 4 nitrogen and oxygen atoms in total. The predicted molar refractivity (Wildman–Crippen MR) is 61.2 cm³/mol. The fourth-order valence-electron chi connectivity index (χ4n) is 1.80. The number of pyridine rings is 1. The minimum Gasteiger partial charge on any atom is -0.454 e. The third kappa shape index (κ3) is 1.63. The summed E-state index contributed by atoms with van der Waals surface area (Å²) in [4.78, 5) is 15.2. The van der Waals surface area contributed by atoms with E-state index in [1.807, 2.05) is 18.2 Å². The highest BCUT2D eigenvalue weighted by atomic mass is 16.7. The van der Waals surface area contributed by atoms with Gasteiger partial charge in [0.1, 0.15) is 0 Å². The first-order valence-corrected chi connectivity index (χ1v) is 5.19. The van der Waals surface area contributed by atoms with Crippen LogP contribution in [0.5, 0.6) is 11.5 Å². The van der Waals surface area contributed by atoms with Gasteiger partial charge in [-0.15, -0.1) is 0 Å². The molecule has 0 unspecified atom stereocenters. The zero-order valence-corrected chi connectivity index (χ0v) is 8.92. The van der Waals surface area contributed by atoms with E-state index in [2.05, 4.69) is 4.98 Å². The van der Waals surface area contributed by atoms with Gasteiger partial charge in [-0.25, -0.2) is 0 Å². The highest BCUT2D eigenvalue weighted by molar-refractivity contribution is 5.85. The van der Waals surface area contributed by atoms with Crippen molar-refractivity contribution in [2.75, 3.05) is 6.79 Å². The van der Waals surface area contributed by atoms with Crippen molar-refractivity contribution in [2.24, 2.45) is 0 Å². The van der Waals surface area contributed by atoms with E-state index in [1.165, 1.54) is 0 Å². The third-order valence-electron chi connectivity index (χ3n) is 2.61. The molecule has 2 heterocycles. The highest BCUT2D eigenvalue weighted by Gasteiger charge is 2.15. The molecule has 1 aromatic carbocycles. The van der Waals surface area contributed by atoms with Crippen LogP contribution in [0.15, 0.2) is 36.5 Å². The third-order valence-corrected chi connectivity index (χ3v) is 2.61. The van der Waals surface area contributed by atoms with Gasteiger partial charge in [-0.1, -0.05) is 0 Å². The Hall–Kier alpha value is -2.36. The number of nitrogens with zero attached hydrogens (tertiary/aromatic N) is 1. The van der Waals surface area contributed by atoms with Crippen LogP contribution >= 0.6 is 0 Å². The fraction of sp³-hybridized carbons (Fsp3) is 0.0769. The van der Waals surface area contributed by atoms with E-state index in [0.717, 1.165) is 17.6 Å². The number of carbonyl (C=O) groups excluding carboxylic acids is 1. The molecule has 0 atom stereocenters. The Bertz CT molecular complexity index is 581. The first-order valence-electron chi connectivity index (χ1n) is 5.19. The molecule has 17 heavy (non-hydrogen) atoms. The summed E-state index contributed by atoms with van der Waals surface area (Å²) in [5.74, 6) is 1.40. The lowest BCUT2D eigenvalue weighted by Gasteiger charge is -2.04. The standard InChI is InChI=1S/C13H9NO3/c15-7-10-2-1-5-14-13(10)9-3-4-11-12(6-9)17-8-16-11/h1-7H,8H2. The van der Waals surface area contributed by atoms with Crippen molar-refractivity contribution in [1.82, 2.24) is 4.98 Å². The monoisotopic (exact) mass is 227 g/mol. The molecule has 1 aromatic heterocycles. The van der Waals surface area contributed by atoms with E-state index in [1.54, 1.807) is 18.3 Å². The summed E-state index contributed by atoms with van der Waals surface area (Å²) in [6.07, 6.45) is 2.46. The molecule has 3 rings (SSSR count). The molecule has 0 aliphatic carbocycles. The highest BCUT2D eigenvalue weighted by Crippen LogP contribution is 2.35. The van der Waals surface area contributed by atoms with E-state index in [0.29, 0.717) is 17.0 Å². The Kier molecular flexibility index (Phi) is 2.26. The van der Waals surface area contributed by atoms with E-state index in [-0.39, 0.29) is 6.79 Å². The Morgan fingerprint density at radius 1 is 1.18 bits per heavy atom. The number of carbonyl (C=O) groups is 1. The van der Waals surface area contributed by atoms with E-state index in [9.17, 15) is 4.79 Å². The maximum Gasteiger partial charge on any atom is 0.231 e. The minimum absolute atomic E-state index is 0.238. The first kappa shape index (κ1) is 9.84. The number of aromatic nitrogens is 1. The molecular weight excluding hydrogens is 218 g/mol. The normalized spacial score (nSPS) is 12.5. The Balaban J connectivity index is 2.12. The molecule has 0 amide bonds. The summed E-state index contributed by atoms with van der Waals surface area (Å²) < 4.78 is 10.5. The van der Waals surface area contributed by atoms with Crippen LogP contribution in [-0.2, 0) is 0 Å². The summed E-state index contributed by atoms with van der Waals surface area (Å²) in [6.45, 7) is 0.238. The Labute approximate surface area is 97.8 Å². The second-order valence-corrected chi connectivity index (χ2v) is 3.63. The lowest BCUT2D eigenvalue weighted by Crippen LogP contribution is -1.93. The van der Waals surface area contributed by atoms with Crippen molar-refractivity contribution in [1.29, 1.82) is 0 Å². The van der Waals surface area contributed by atoms with Gasteiger partial charge < -0.3 is 9.47 Å². The molecule has 0 bridgehead atoms. The van der Waals surface area contributed by atoms with Crippen LogP contribution in [0.25, 0.3) is 11.3 Å². The van der Waals surface area contributed by atoms with Crippen LogP contribution < -0.4 is 9.47 Å². The van der Waals surface area contributed by atoms with Gasteiger partial charge in [-0.2, -0.15) is 0 Å². The van der Waals surface area contributed by atoms with Crippen molar-refractivity contribution in [3.05, 3.63) is 42.1 Å². The summed E-state index contributed by atoms with van der Waals surface area (Å²) in [6, 6.07) is 8.99. The largest absolute Gasteiger partial charge is 0.454 e. The first-order chi connectivity index (χ1) is 8.38. The topological polar surface area (TPSA) is 48.4 Å². The van der Waals surface area contributed by atoms with Gasteiger partial charge in [0, 0.05) is 17.3 Å². The van der Waals surface area contributed by atoms with Crippen LogP contribution in [0.1, 0.15) is 10.4 Å². The van der Waals surface area contributed by atoms with Crippen LogP contribution in [0.4, 0.5) is 0 Å². The van der Waals surface area contributed by atoms with Gasteiger partial charge in [-0.05, 0) is 30.3 Å². The van der Waals surface area contributed by atoms with Gasteiger partial charge in [0.15, 0.2) is 17.8 Å². The number of fused-ring (bicyclic) bond motifs is 1. The SMILES string of the molecule is O=Cc1cccnc1-c1ccc2c(c1)OCO2. The Morgan fingerprint density at radius 2 is 2.06 bits per heavy atom. The zero-order chi connectivity index (χ0) is 11.7. The number of hydrogen-bond donors (Lipinski definition) is 0. The maximum atomic E-state index is 10.9. The molecular formula is C13H9NO3. The van der Waals surface area contributed by atoms with Crippen LogP contribution in [0.2, 0.25) is 0 Å². The second kappa shape index (κ2) is 3.90. The van der Waals surface area contributed by atoms with Gasteiger partial charge in [-0.3, -0.25) is 9.78 Å². The van der Waals surface area contributed by atoms with Gasteiger partial charge in [0.2, 0.25) is 6.79 Å². The van der Waals surface area contributed by atoms with Crippen molar-refractivity contribution < 1.29 is 14.3 Å².